The zero-order valence-corrected chi connectivity index (χ0v) is 37.8. The van der Waals surface area contributed by atoms with Gasteiger partial charge >= 0.3 is 12.2 Å². The van der Waals surface area contributed by atoms with Gasteiger partial charge in [0.1, 0.15) is 18.6 Å². The highest BCUT2D eigenvalue weighted by molar-refractivity contribution is 14.1. The SMILES string of the molecule is Brc1nn2c(I)cnc2s1.CC(C)(C)OC(=O)N[C@H]1CCO[C@@H]2CN(c3nn4c(I)cnc4s3)C[C@H]12.CC(C)(C)OC(=O)N[C@H]1CCO[C@@H]2CNC[C@H]12. The van der Waals surface area contributed by atoms with Crippen molar-refractivity contribution in [3.8, 4) is 0 Å². The topological polar surface area (TPSA) is 171 Å². The van der Waals surface area contributed by atoms with Crippen molar-refractivity contribution in [3.05, 3.63) is 23.7 Å². The number of carbonyl (C=O) groups excluding carboxylic acids is 2. The summed E-state index contributed by atoms with van der Waals surface area (Å²) in [7, 11) is 0. The maximum absolute atomic E-state index is 12.2. The zero-order chi connectivity index (χ0) is 38.1. The van der Waals surface area contributed by atoms with E-state index in [9.17, 15) is 9.59 Å². The molecule has 53 heavy (non-hydrogen) atoms. The Morgan fingerprint density at radius 2 is 1.38 bits per heavy atom. The molecule has 0 unspecified atom stereocenters. The molecule has 4 aliphatic rings. The number of rotatable bonds is 3. The van der Waals surface area contributed by atoms with Gasteiger partial charge in [-0.3, -0.25) is 0 Å². The molecule has 0 spiro atoms. The lowest BCUT2D eigenvalue weighted by atomic mass is 9.92. The number of ether oxygens (including phenoxy) is 4. The highest BCUT2D eigenvalue weighted by Gasteiger charge is 2.43. The van der Waals surface area contributed by atoms with E-state index in [2.05, 4.69) is 102 Å². The summed E-state index contributed by atoms with van der Waals surface area (Å²) in [6, 6.07) is 0.219. The van der Waals surface area contributed by atoms with Gasteiger partial charge in [-0.15, -0.1) is 10.2 Å². The van der Waals surface area contributed by atoms with E-state index >= 15 is 0 Å². The van der Waals surface area contributed by atoms with Gasteiger partial charge < -0.3 is 39.8 Å². The Balaban J connectivity index is 0.000000152. The Labute approximate surface area is 351 Å². The van der Waals surface area contributed by atoms with Gasteiger partial charge in [0.15, 0.2) is 3.92 Å². The summed E-state index contributed by atoms with van der Waals surface area (Å²) < 4.78 is 28.9. The van der Waals surface area contributed by atoms with Crippen LogP contribution in [0.2, 0.25) is 0 Å². The van der Waals surface area contributed by atoms with E-state index in [1.54, 1.807) is 22.0 Å². The van der Waals surface area contributed by atoms with Crippen LogP contribution in [0.3, 0.4) is 0 Å². The molecule has 6 atom stereocenters. The fourth-order valence-corrected chi connectivity index (χ4v) is 9.97. The Kier molecular flexibility index (Phi) is 13.3. The minimum Gasteiger partial charge on any atom is -0.444 e. The van der Waals surface area contributed by atoms with Gasteiger partial charge in [0.2, 0.25) is 15.1 Å². The van der Waals surface area contributed by atoms with Gasteiger partial charge in [0.25, 0.3) is 0 Å². The van der Waals surface area contributed by atoms with E-state index in [1.165, 1.54) is 11.3 Å². The van der Waals surface area contributed by atoms with Crippen LogP contribution in [0.5, 0.6) is 0 Å². The number of hydrogen-bond donors (Lipinski definition) is 3. The molecular weight excluding hydrogens is 1020 g/mol. The number of hydrogen-bond acceptors (Lipinski definition) is 14. The van der Waals surface area contributed by atoms with Crippen LogP contribution in [0.1, 0.15) is 54.4 Å². The molecular formula is C32H45BrI2N10O6S2. The van der Waals surface area contributed by atoms with Crippen molar-refractivity contribution in [1.82, 2.24) is 45.1 Å². The van der Waals surface area contributed by atoms with Crippen molar-refractivity contribution in [2.24, 2.45) is 11.8 Å². The molecule has 4 aliphatic heterocycles. The summed E-state index contributed by atoms with van der Waals surface area (Å²) >= 11 is 10.8. The first kappa shape index (κ1) is 41.0. The van der Waals surface area contributed by atoms with E-state index in [0.29, 0.717) is 19.1 Å². The summed E-state index contributed by atoms with van der Waals surface area (Å²) in [5.41, 5.74) is -0.939. The van der Waals surface area contributed by atoms with Gasteiger partial charge in [-0.25, -0.2) is 19.6 Å². The van der Waals surface area contributed by atoms with Crippen molar-refractivity contribution < 1.29 is 28.5 Å². The smallest absolute Gasteiger partial charge is 0.407 e. The molecule has 2 amide bonds. The van der Waals surface area contributed by atoms with E-state index in [0.717, 1.165) is 65.4 Å². The first-order chi connectivity index (χ1) is 25.0. The summed E-state index contributed by atoms with van der Waals surface area (Å²) in [4.78, 5) is 36.4. The molecule has 8 rings (SSSR count). The van der Waals surface area contributed by atoms with Gasteiger partial charge in [0, 0.05) is 63.3 Å². The fraction of sp³-hybridized carbons (Fsp3) is 0.688. The van der Waals surface area contributed by atoms with Crippen molar-refractivity contribution >= 4 is 111 Å². The Bertz CT molecular complexity index is 1880. The quantitative estimate of drug-likeness (QED) is 0.219. The lowest BCUT2D eigenvalue weighted by Crippen LogP contribution is -2.50. The second kappa shape index (κ2) is 17.2. The lowest BCUT2D eigenvalue weighted by molar-refractivity contribution is -0.0206. The molecule has 0 aliphatic carbocycles. The molecule has 0 aromatic carbocycles. The van der Waals surface area contributed by atoms with Crippen LogP contribution in [-0.4, -0.2) is 116 Å². The molecule has 8 heterocycles. The van der Waals surface area contributed by atoms with Crippen LogP contribution in [0.25, 0.3) is 9.92 Å². The van der Waals surface area contributed by atoms with Crippen molar-refractivity contribution in [1.29, 1.82) is 0 Å². The maximum Gasteiger partial charge on any atom is 0.407 e. The van der Waals surface area contributed by atoms with Crippen LogP contribution in [0.4, 0.5) is 14.7 Å². The number of amides is 2. The van der Waals surface area contributed by atoms with Crippen molar-refractivity contribution in [2.45, 2.75) is 89.9 Å². The number of anilines is 1. The fourth-order valence-electron chi connectivity index (χ4n) is 6.60. The highest BCUT2D eigenvalue weighted by Crippen LogP contribution is 2.34. The van der Waals surface area contributed by atoms with Gasteiger partial charge in [0.05, 0.1) is 24.6 Å². The predicted octanol–water partition coefficient (Wildman–Crippen LogP) is 5.56. The largest absolute Gasteiger partial charge is 0.444 e. The first-order valence-corrected chi connectivity index (χ1v) is 21.9. The average molecular weight is 1060 g/mol. The Morgan fingerprint density at radius 1 is 0.830 bits per heavy atom. The monoisotopic (exact) mass is 1060 g/mol. The third-order valence-corrected chi connectivity index (χ3v) is 12.6. The molecule has 3 N–H and O–H groups in total. The minimum atomic E-state index is -0.497. The van der Waals surface area contributed by atoms with Crippen LogP contribution < -0.4 is 20.9 Å². The Hall–Kier alpha value is -1.64. The number of nitrogens with zero attached hydrogens (tertiary/aromatic N) is 7. The number of nitrogens with one attached hydrogen (secondary N) is 3. The molecule has 0 bridgehead atoms. The van der Waals surface area contributed by atoms with Crippen molar-refractivity contribution in [3.63, 3.8) is 0 Å². The van der Waals surface area contributed by atoms with Gasteiger partial charge in [-0.2, -0.15) is 9.03 Å². The molecule has 21 heteroatoms. The minimum absolute atomic E-state index is 0.0535. The highest BCUT2D eigenvalue weighted by atomic mass is 127. The van der Waals surface area contributed by atoms with E-state index in [1.807, 2.05) is 52.3 Å². The maximum atomic E-state index is 12.2. The second-order valence-corrected chi connectivity index (χ2v) is 20.5. The summed E-state index contributed by atoms with van der Waals surface area (Å²) in [6.07, 6.45) is 4.93. The van der Waals surface area contributed by atoms with Crippen molar-refractivity contribution in [2.75, 3.05) is 44.3 Å². The predicted molar refractivity (Wildman–Crippen MR) is 222 cm³/mol. The molecule has 4 aromatic rings. The molecule has 0 saturated carbocycles. The zero-order valence-electron chi connectivity index (χ0n) is 30.3. The third kappa shape index (κ3) is 10.8. The summed E-state index contributed by atoms with van der Waals surface area (Å²) in [5, 5.41) is 19.1. The van der Waals surface area contributed by atoms with Crippen LogP contribution in [0, 0.1) is 19.2 Å². The van der Waals surface area contributed by atoms with E-state index in [4.69, 9.17) is 18.9 Å². The van der Waals surface area contributed by atoms with Crippen LogP contribution in [0.15, 0.2) is 16.3 Å². The van der Waals surface area contributed by atoms with E-state index < -0.39 is 11.2 Å². The number of aromatic nitrogens is 6. The normalized spacial score (nSPS) is 25.5. The Morgan fingerprint density at radius 3 is 1.94 bits per heavy atom. The molecule has 0 radical (unpaired) electrons. The number of carbonyl (C=O) groups is 2. The number of halogens is 3. The number of alkyl carbamates (subject to hydrolysis) is 2. The average Bonchev–Trinajstić information content (AvgIpc) is 3.90. The standard InChI is InChI=1S/C16H22IN5O3S.C12H22N2O3.C4HBrIN3S/c1-16(2,3)25-15(23)19-10-4-5-24-11-8-21(7-9(10)11)14-20-22-12(17)6-18-13(22)26-14;1-12(2,3)17-11(15)14-9-4-5-16-10-7-13-6-8(9)10;5-3-8-9-2(6)1-7-4(9)10-3/h6,9-11H,4-5,7-8H2,1-3H3,(H,19,23);8-10,13H,4-7H2,1-3H3,(H,14,15);1H/t9-,10+,11-;8-,9+,10-;/m11./s1. The third-order valence-electron chi connectivity index (χ3n) is 8.79. The molecule has 16 nitrogen and oxygen atoms in total. The van der Waals surface area contributed by atoms with Crippen LogP contribution >= 0.6 is 83.8 Å². The summed E-state index contributed by atoms with van der Waals surface area (Å²) in [5.74, 6) is 0.600. The molecule has 292 valence electrons. The lowest BCUT2D eigenvalue weighted by Gasteiger charge is -2.34. The van der Waals surface area contributed by atoms with Gasteiger partial charge in [-0.1, -0.05) is 22.7 Å². The second-order valence-electron chi connectivity index (χ2n) is 15.1. The summed E-state index contributed by atoms with van der Waals surface area (Å²) in [6.45, 7) is 16.0. The van der Waals surface area contributed by atoms with E-state index in [-0.39, 0.29) is 42.4 Å². The first-order valence-electron chi connectivity index (χ1n) is 17.4. The number of imidazole rings is 2. The molecule has 4 fully saturated rings. The van der Waals surface area contributed by atoms with Gasteiger partial charge in [-0.05, 0) is 115 Å². The molecule has 4 aromatic heterocycles. The number of fused-ring (bicyclic) bond motifs is 4. The molecule has 4 saturated heterocycles. The van der Waals surface area contributed by atoms with Crippen LogP contribution in [-0.2, 0) is 18.9 Å².